The maximum atomic E-state index is 13.8. The molecule has 1 aromatic carbocycles. The Balaban J connectivity index is 2.09. The fraction of sp³-hybridized carbons (Fsp3) is 0.312. The van der Waals surface area contributed by atoms with Crippen LogP contribution in [0.2, 0.25) is 0 Å². The lowest BCUT2D eigenvalue weighted by Crippen LogP contribution is -2.29. The Morgan fingerprint density at radius 1 is 1.33 bits per heavy atom. The standard InChI is InChI=1S/C16H19FN2OS/c1-3-18-15-13(7-4-8-14(15)17)16(20)19(2)10-9-12-6-5-11-21-12/h4-8,11,18H,3,9-10H2,1-2H3. The van der Waals surface area contributed by atoms with Gasteiger partial charge in [-0.05, 0) is 36.9 Å². The maximum absolute atomic E-state index is 13.8. The molecule has 0 radical (unpaired) electrons. The summed E-state index contributed by atoms with van der Waals surface area (Å²) in [7, 11) is 1.75. The van der Waals surface area contributed by atoms with Gasteiger partial charge in [0.25, 0.3) is 5.91 Å². The highest BCUT2D eigenvalue weighted by Crippen LogP contribution is 2.21. The number of carbonyl (C=O) groups is 1. The first-order valence-corrected chi connectivity index (χ1v) is 7.81. The molecular formula is C16H19FN2OS. The molecule has 0 saturated heterocycles. The number of rotatable bonds is 6. The Morgan fingerprint density at radius 2 is 2.14 bits per heavy atom. The summed E-state index contributed by atoms with van der Waals surface area (Å²) in [5.41, 5.74) is 0.665. The summed E-state index contributed by atoms with van der Waals surface area (Å²) in [5.74, 6) is -0.559. The van der Waals surface area contributed by atoms with E-state index in [1.807, 2.05) is 18.4 Å². The molecule has 0 saturated carbocycles. The third-order valence-electron chi connectivity index (χ3n) is 3.22. The lowest BCUT2D eigenvalue weighted by Gasteiger charge is -2.19. The Labute approximate surface area is 128 Å². The summed E-state index contributed by atoms with van der Waals surface area (Å²) in [6, 6.07) is 8.63. The molecule has 0 aliphatic heterocycles. The Bertz CT molecular complexity index is 598. The van der Waals surface area contributed by atoms with Crippen LogP contribution >= 0.6 is 11.3 Å². The van der Waals surface area contributed by atoms with E-state index in [9.17, 15) is 9.18 Å². The Morgan fingerprint density at radius 3 is 2.81 bits per heavy atom. The predicted octanol–water partition coefficient (Wildman–Crippen LogP) is 3.63. The molecule has 1 N–H and O–H groups in total. The first-order chi connectivity index (χ1) is 10.1. The average Bonchev–Trinajstić information content (AvgIpc) is 2.99. The molecule has 1 amide bonds. The molecule has 2 rings (SSSR count). The van der Waals surface area contributed by atoms with Crippen molar-refractivity contribution in [3.05, 3.63) is 52.0 Å². The minimum atomic E-state index is -0.394. The molecular weight excluding hydrogens is 287 g/mol. The van der Waals surface area contributed by atoms with Gasteiger partial charge in [0.05, 0.1) is 11.3 Å². The van der Waals surface area contributed by atoms with E-state index in [1.165, 1.54) is 10.9 Å². The molecule has 1 heterocycles. The predicted molar refractivity (Wildman–Crippen MR) is 85.5 cm³/mol. The first kappa shape index (κ1) is 15.5. The van der Waals surface area contributed by atoms with E-state index in [1.54, 1.807) is 35.4 Å². The monoisotopic (exact) mass is 306 g/mol. The van der Waals surface area contributed by atoms with Gasteiger partial charge in [-0.15, -0.1) is 11.3 Å². The lowest BCUT2D eigenvalue weighted by atomic mass is 10.1. The van der Waals surface area contributed by atoms with E-state index in [0.717, 1.165) is 6.42 Å². The molecule has 0 atom stereocenters. The fourth-order valence-electron chi connectivity index (χ4n) is 2.10. The zero-order valence-corrected chi connectivity index (χ0v) is 13.0. The molecule has 0 bridgehead atoms. The molecule has 5 heteroatoms. The van der Waals surface area contributed by atoms with E-state index < -0.39 is 5.82 Å². The van der Waals surface area contributed by atoms with Gasteiger partial charge in [-0.1, -0.05) is 12.1 Å². The van der Waals surface area contributed by atoms with Gasteiger partial charge >= 0.3 is 0 Å². The number of halogens is 1. The summed E-state index contributed by atoms with van der Waals surface area (Å²) in [4.78, 5) is 15.3. The van der Waals surface area contributed by atoms with Crippen molar-refractivity contribution in [2.24, 2.45) is 0 Å². The summed E-state index contributed by atoms with van der Waals surface area (Å²) in [6.45, 7) is 3.06. The number of hydrogen-bond acceptors (Lipinski definition) is 3. The summed E-state index contributed by atoms with van der Waals surface area (Å²) < 4.78 is 13.8. The van der Waals surface area contributed by atoms with Crippen LogP contribution in [0.25, 0.3) is 0 Å². The van der Waals surface area contributed by atoms with E-state index in [4.69, 9.17) is 0 Å². The molecule has 1 aromatic heterocycles. The largest absolute Gasteiger partial charge is 0.382 e. The van der Waals surface area contributed by atoms with E-state index in [-0.39, 0.29) is 11.6 Å². The lowest BCUT2D eigenvalue weighted by molar-refractivity contribution is 0.0797. The van der Waals surface area contributed by atoms with Gasteiger partial charge in [0.15, 0.2) is 0 Å². The molecule has 0 fully saturated rings. The smallest absolute Gasteiger partial charge is 0.255 e. The molecule has 2 aromatic rings. The van der Waals surface area contributed by atoms with Crippen LogP contribution in [0.3, 0.4) is 0 Å². The first-order valence-electron chi connectivity index (χ1n) is 6.93. The normalized spacial score (nSPS) is 10.4. The van der Waals surface area contributed by atoms with Crippen molar-refractivity contribution in [2.75, 3.05) is 25.5 Å². The topological polar surface area (TPSA) is 32.3 Å². The zero-order chi connectivity index (χ0) is 15.2. The number of anilines is 1. The van der Waals surface area contributed by atoms with Gasteiger partial charge in [0, 0.05) is 25.0 Å². The fourth-order valence-corrected chi connectivity index (χ4v) is 2.80. The minimum absolute atomic E-state index is 0.165. The van der Waals surface area contributed by atoms with Gasteiger partial charge in [-0.25, -0.2) is 4.39 Å². The van der Waals surface area contributed by atoms with Gasteiger partial charge in [0.2, 0.25) is 0 Å². The maximum Gasteiger partial charge on any atom is 0.255 e. The summed E-state index contributed by atoms with van der Waals surface area (Å²) in [5, 5.41) is 4.95. The quantitative estimate of drug-likeness (QED) is 0.884. The molecule has 0 aliphatic rings. The zero-order valence-electron chi connectivity index (χ0n) is 12.2. The van der Waals surface area contributed by atoms with Crippen molar-refractivity contribution < 1.29 is 9.18 Å². The Kier molecular flexibility index (Phi) is 5.33. The number of likely N-dealkylation sites (N-methyl/N-ethyl adjacent to an activating group) is 1. The van der Waals surface area contributed by atoms with E-state index in [2.05, 4.69) is 11.4 Å². The van der Waals surface area contributed by atoms with Crippen LogP contribution in [0.4, 0.5) is 10.1 Å². The molecule has 0 spiro atoms. The molecule has 0 unspecified atom stereocenters. The summed E-state index contributed by atoms with van der Waals surface area (Å²) >= 11 is 1.68. The average molecular weight is 306 g/mol. The molecule has 0 aliphatic carbocycles. The van der Waals surface area contributed by atoms with Crippen LogP contribution in [0.1, 0.15) is 22.2 Å². The highest BCUT2D eigenvalue weighted by Gasteiger charge is 2.18. The number of carbonyl (C=O) groups excluding carboxylic acids is 1. The van der Waals surface area contributed by atoms with Crippen LogP contribution in [0.5, 0.6) is 0 Å². The van der Waals surface area contributed by atoms with E-state index >= 15 is 0 Å². The number of amides is 1. The van der Waals surface area contributed by atoms with Crippen molar-refractivity contribution in [3.8, 4) is 0 Å². The second-order valence-corrected chi connectivity index (χ2v) is 5.78. The second-order valence-electron chi connectivity index (χ2n) is 4.75. The van der Waals surface area contributed by atoms with Crippen LogP contribution in [0.15, 0.2) is 35.7 Å². The van der Waals surface area contributed by atoms with Crippen LogP contribution < -0.4 is 5.32 Å². The number of nitrogens with zero attached hydrogens (tertiary/aromatic N) is 1. The molecule has 112 valence electrons. The van der Waals surface area contributed by atoms with Crippen LogP contribution in [-0.4, -0.2) is 30.9 Å². The number of thiophene rings is 1. The summed E-state index contributed by atoms with van der Waals surface area (Å²) in [6.07, 6.45) is 0.811. The third kappa shape index (κ3) is 3.82. The second kappa shape index (κ2) is 7.22. The van der Waals surface area contributed by atoms with Gasteiger partial charge in [-0.2, -0.15) is 0 Å². The highest BCUT2D eigenvalue weighted by molar-refractivity contribution is 7.09. The number of nitrogens with one attached hydrogen (secondary N) is 1. The highest BCUT2D eigenvalue weighted by atomic mass is 32.1. The Hall–Kier alpha value is -1.88. The van der Waals surface area contributed by atoms with Crippen molar-refractivity contribution in [2.45, 2.75) is 13.3 Å². The van der Waals surface area contributed by atoms with Crippen molar-refractivity contribution in [3.63, 3.8) is 0 Å². The van der Waals surface area contributed by atoms with Gasteiger partial charge in [-0.3, -0.25) is 4.79 Å². The van der Waals surface area contributed by atoms with Crippen molar-refractivity contribution in [1.82, 2.24) is 4.90 Å². The van der Waals surface area contributed by atoms with Crippen molar-refractivity contribution >= 4 is 22.9 Å². The number of para-hydroxylation sites is 1. The van der Waals surface area contributed by atoms with Gasteiger partial charge in [0.1, 0.15) is 5.82 Å². The minimum Gasteiger partial charge on any atom is -0.382 e. The van der Waals surface area contributed by atoms with Crippen molar-refractivity contribution in [1.29, 1.82) is 0 Å². The molecule has 21 heavy (non-hydrogen) atoms. The van der Waals surface area contributed by atoms with E-state index in [0.29, 0.717) is 18.7 Å². The van der Waals surface area contributed by atoms with Crippen LogP contribution in [-0.2, 0) is 6.42 Å². The van der Waals surface area contributed by atoms with Crippen LogP contribution in [0, 0.1) is 5.82 Å². The SMILES string of the molecule is CCNc1c(F)cccc1C(=O)N(C)CCc1cccs1. The van der Waals surface area contributed by atoms with Gasteiger partial charge < -0.3 is 10.2 Å². The number of hydrogen-bond donors (Lipinski definition) is 1. The third-order valence-corrected chi connectivity index (χ3v) is 4.15. The number of benzene rings is 1. The molecule has 3 nitrogen and oxygen atoms in total.